The molecule has 0 amide bonds. The van der Waals surface area contributed by atoms with E-state index in [1.54, 1.807) is 6.07 Å². The molecule has 35 heavy (non-hydrogen) atoms. The number of benzene rings is 1. The van der Waals surface area contributed by atoms with Crippen molar-refractivity contribution in [2.24, 2.45) is 23.7 Å². The van der Waals surface area contributed by atoms with Crippen LogP contribution in [0.1, 0.15) is 70.3 Å². The average Bonchev–Trinajstić information content (AvgIpc) is 2.83. The van der Waals surface area contributed by atoms with Crippen molar-refractivity contribution in [2.45, 2.75) is 64.7 Å². The molecule has 4 saturated carbocycles. The molecule has 0 N–H and O–H groups in total. The lowest BCUT2D eigenvalue weighted by Crippen LogP contribution is -2.41. The number of hydrogen-bond donors (Lipinski definition) is 0. The molecule has 4 bridgehead atoms. The van der Waals surface area contributed by atoms with Crippen LogP contribution in [0, 0.1) is 46.3 Å². The Morgan fingerprint density at radius 2 is 1.60 bits per heavy atom. The molecular formula is C27H35N2O5P. The molecule has 7 nitrogen and oxygen atoms in total. The Labute approximate surface area is 208 Å². The highest BCUT2D eigenvalue weighted by atomic mass is 31.2. The van der Waals surface area contributed by atoms with Crippen molar-refractivity contribution in [3.8, 4) is 17.9 Å². The molecule has 0 spiro atoms. The summed E-state index contributed by atoms with van der Waals surface area (Å²) < 4.78 is 36.0. The molecule has 4 fully saturated rings. The Hall–Kier alpha value is -2.31. The third-order valence-electron chi connectivity index (χ3n) is 7.26. The van der Waals surface area contributed by atoms with E-state index in [2.05, 4.69) is 6.92 Å². The van der Waals surface area contributed by atoms with Crippen molar-refractivity contribution in [1.29, 1.82) is 10.5 Å². The minimum Gasteiger partial charge on any atom is -0.493 e. The quantitative estimate of drug-likeness (QED) is 0.164. The summed E-state index contributed by atoms with van der Waals surface area (Å²) in [6.45, 7) is 2.66. The third-order valence-corrected chi connectivity index (χ3v) is 8.70. The second-order valence-corrected chi connectivity index (χ2v) is 11.4. The molecule has 0 heterocycles. The molecule has 0 radical (unpaired) electrons. The fourth-order valence-electron chi connectivity index (χ4n) is 6.03. The number of ether oxygens (including phenoxy) is 1. The van der Waals surface area contributed by atoms with Gasteiger partial charge in [-0.2, -0.15) is 10.5 Å². The first kappa shape index (κ1) is 25.8. The van der Waals surface area contributed by atoms with Gasteiger partial charge in [-0.25, -0.2) is 4.57 Å². The first-order chi connectivity index (χ1) is 17.0. The van der Waals surface area contributed by atoms with E-state index in [4.69, 9.17) is 28.8 Å². The van der Waals surface area contributed by atoms with E-state index in [0.717, 1.165) is 36.0 Å². The summed E-state index contributed by atoms with van der Waals surface area (Å²) >= 11 is 0. The van der Waals surface area contributed by atoms with Crippen LogP contribution in [0.25, 0.3) is 5.76 Å². The van der Waals surface area contributed by atoms with Crippen molar-refractivity contribution in [3.05, 3.63) is 35.4 Å². The van der Waals surface area contributed by atoms with Crippen molar-refractivity contribution in [1.82, 2.24) is 0 Å². The highest BCUT2D eigenvalue weighted by Gasteiger charge is 2.46. The Balaban J connectivity index is 1.60. The number of phosphoric acid groups is 1. The van der Waals surface area contributed by atoms with Gasteiger partial charge in [0.15, 0.2) is 0 Å². The predicted octanol–water partition coefficient (Wildman–Crippen LogP) is 7.02. The van der Waals surface area contributed by atoms with Crippen LogP contribution in [-0.2, 0) is 18.3 Å². The molecule has 0 atom stereocenters. The molecule has 0 aliphatic heterocycles. The van der Waals surface area contributed by atoms with Crippen LogP contribution in [0.2, 0.25) is 0 Å². The summed E-state index contributed by atoms with van der Waals surface area (Å²) in [6.07, 6.45) is 8.59. The van der Waals surface area contributed by atoms with Crippen molar-refractivity contribution >= 4 is 13.6 Å². The van der Waals surface area contributed by atoms with Crippen LogP contribution in [0.4, 0.5) is 0 Å². The zero-order valence-electron chi connectivity index (χ0n) is 20.5. The fourth-order valence-corrected chi connectivity index (χ4v) is 7.22. The Morgan fingerprint density at radius 3 is 2.17 bits per heavy atom. The lowest BCUT2D eigenvalue weighted by Gasteiger charge is -2.51. The zero-order chi connectivity index (χ0) is 24.7. The summed E-state index contributed by atoms with van der Waals surface area (Å²) in [4.78, 5) is 0. The Kier molecular flexibility index (Phi) is 8.90. The highest BCUT2D eigenvalue weighted by Crippen LogP contribution is 2.58. The van der Waals surface area contributed by atoms with E-state index in [-0.39, 0.29) is 26.1 Å². The van der Waals surface area contributed by atoms with Crippen molar-refractivity contribution in [2.75, 3.05) is 19.8 Å². The number of allylic oxidation sites excluding steroid dienone is 1. The summed E-state index contributed by atoms with van der Waals surface area (Å²) in [5, 5.41) is 17.6. The first-order valence-corrected chi connectivity index (χ1v) is 14.3. The average molecular weight is 499 g/mol. The fraction of sp³-hybridized carbons (Fsp3) is 0.630. The van der Waals surface area contributed by atoms with Crippen LogP contribution in [-0.4, -0.2) is 19.8 Å². The molecule has 1 aromatic carbocycles. The molecule has 0 saturated heterocycles. The van der Waals surface area contributed by atoms with Gasteiger partial charge in [0.1, 0.15) is 11.5 Å². The topological polar surface area (TPSA) is 102 Å². The molecule has 4 aliphatic rings. The maximum Gasteiger partial charge on any atom is 0.530 e. The van der Waals surface area contributed by atoms with Crippen LogP contribution in [0.15, 0.2) is 29.8 Å². The van der Waals surface area contributed by atoms with E-state index < -0.39 is 7.82 Å². The standard InChI is InChI=1S/C27H35N2O5P/c1-2-3-11-31-27(26-23-15-20-14-21(17-23)18-24(26)16-20)22-7-4-8-25(19-22)34-35(30,32-12-5-9-28)33-13-6-10-29/h4,7-8,19-21,23-24H,2-3,5-6,11-18H2,1H3. The lowest BCUT2D eigenvalue weighted by molar-refractivity contribution is 0.0665. The van der Waals surface area contributed by atoms with Crippen LogP contribution in [0.5, 0.6) is 5.75 Å². The number of hydrogen-bond acceptors (Lipinski definition) is 7. The normalized spacial score (nSPS) is 24.6. The molecule has 1 aromatic rings. The van der Waals surface area contributed by atoms with E-state index in [1.807, 2.05) is 30.3 Å². The molecule has 188 valence electrons. The number of phosphoric ester groups is 1. The van der Waals surface area contributed by atoms with Gasteiger partial charge in [-0.1, -0.05) is 25.5 Å². The van der Waals surface area contributed by atoms with Gasteiger partial charge < -0.3 is 9.26 Å². The molecular weight excluding hydrogens is 463 g/mol. The van der Waals surface area contributed by atoms with Crippen LogP contribution < -0.4 is 4.52 Å². The molecule has 4 aliphatic carbocycles. The largest absolute Gasteiger partial charge is 0.530 e. The summed E-state index contributed by atoms with van der Waals surface area (Å²) in [5.74, 6) is 4.19. The third kappa shape index (κ3) is 6.47. The Morgan fingerprint density at radius 1 is 0.971 bits per heavy atom. The number of nitrogens with zero attached hydrogens (tertiary/aromatic N) is 2. The SMILES string of the molecule is CCCCOC(=C1C2CC3CC(C2)CC1C3)c1cccc(OP(=O)(OCCC#N)OCCC#N)c1. The molecule has 8 heteroatoms. The summed E-state index contributed by atoms with van der Waals surface area (Å²) in [6, 6.07) is 11.3. The minimum atomic E-state index is -3.99. The van der Waals surface area contributed by atoms with E-state index in [9.17, 15) is 4.57 Å². The summed E-state index contributed by atoms with van der Waals surface area (Å²) in [7, 11) is -3.99. The number of unbranched alkanes of at least 4 members (excludes halogenated alkanes) is 1. The van der Waals surface area contributed by atoms with Gasteiger partial charge in [0.05, 0.1) is 44.8 Å². The van der Waals surface area contributed by atoms with Gasteiger partial charge in [-0.3, -0.25) is 9.05 Å². The van der Waals surface area contributed by atoms with Crippen LogP contribution >= 0.6 is 7.82 Å². The van der Waals surface area contributed by atoms with Crippen molar-refractivity contribution in [3.63, 3.8) is 0 Å². The predicted molar refractivity (Wildman–Crippen MR) is 132 cm³/mol. The highest BCUT2D eigenvalue weighted by molar-refractivity contribution is 7.48. The molecule has 0 aromatic heterocycles. The van der Waals surface area contributed by atoms with Crippen molar-refractivity contribution < 1.29 is 22.9 Å². The monoisotopic (exact) mass is 498 g/mol. The second-order valence-electron chi connectivity index (χ2n) is 9.84. The van der Waals surface area contributed by atoms with Gasteiger partial charge in [0, 0.05) is 5.56 Å². The van der Waals surface area contributed by atoms with Gasteiger partial charge in [0.25, 0.3) is 0 Å². The van der Waals surface area contributed by atoms with Gasteiger partial charge in [-0.15, -0.1) is 0 Å². The summed E-state index contributed by atoms with van der Waals surface area (Å²) in [5.41, 5.74) is 2.38. The van der Waals surface area contributed by atoms with Gasteiger partial charge >= 0.3 is 7.82 Å². The second kappa shape index (κ2) is 12.1. The maximum absolute atomic E-state index is 13.2. The van der Waals surface area contributed by atoms with Gasteiger partial charge in [0.2, 0.25) is 0 Å². The minimum absolute atomic E-state index is 0.0568. The van der Waals surface area contributed by atoms with Gasteiger partial charge in [-0.05, 0) is 79.9 Å². The molecule has 5 rings (SSSR count). The smallest absolute Gasteiger partial charge is 0.493 e. The maximum atomic E-state index is 13.2. The Bertz CT molecular complexity index is 987. The van der Waals surface area contributed by atoms with E-state index in [0.29, 0.717) is 24.2 Å². The van der Waals surface area contributed by atoms with Crippen LogP contribution in [0.3, 0.4) is 0 Å². The lowest BCUT2D eigenvalue weighted by atomic mass is 9.54. The van der Waals surface area contributed by atoms with E-state index in [1.165, 1.54) is 37.7 Å². The molecule has 0 unspecified atom stereocenters. The zero-order valence-corrected chi connectivity index (χ0v) is 21.4. The first-order valence-electron chi connectivity index (χ1n) is 12.8. The van der Waals surface area contributed by atoms with E-state index >= 15 is 0 Å². The number of nitriles is 2. The number of rotatable bonds is 13.